The molecule has 0 rings (SSSR count). The van der Waals surface area contributed by atoms with E-state index >= 15 is 0 Å². The number of nitrogens with two attached hydrogens (primary N) is 1. The minimum Gasteiger partial charge on any atom is -0.466 e. The van der Waals surface area contributed by atoms with E-state index in [1.807, 2.05) is 0 Å². The number of aliphatic hydroxyl groups is 1. The van der Waals surface area contributed by atoms with Gasteiger partial charge in [-0.15, -0.1) is 0 Å². The summed E-state index contributed by atoms with van der Waals surface area (Å²) in [6.07, 6.45) is -0.0443. The maximum atomic E-state index is 10.8. The second-order valence-electron chi connectivity index (χ2n) is 2.68. The van der Waals surface area contributed by atoms with Crippen molar-refractivity contribution in [3.63, 3.8) is 0 Å². The van der Waals surface area contributed by atoms with Crippen molar-refractivity contribution in [3.8, 4) is 0 Å². The highest BCUT2D eigenvalue weighted by Crippen LogP contribution is 2.07. The van der Waals surface area contributed by atoms with Crippen molar-refractivity contribution in [1.29, 1.82) is 0 Å². The smallest absolute Gasteiger partial charge is 0.308 e. The molecule has 0 fully saturated rings. The number of carbonyl (C=O) groups is 1. The fourth-order valence-electron chi connectivity index (χ4n) is 0.595. The molecule has 0 saturated heterocycles. The minimum atomic E-state index is -1.13. The molecular formula is C7H15NO3. The van der Waals surface area contributed by atoms with Crippen molar-refractivity contribution in [2.45, 2.75) is 25.9 Å². The fraction of sp³-hybridized carbons (Fsp3) is 0.857. The summed E-state index contributed by atoms with van der Waals surface area (Å²) < 4.78 is 4.63. The van der Waals surface area contributed by atoms with Crippen molar-refractivity contribution < 1.29 is 14.6 Å². The Morgan fingerprint density at radius 3 is 2.64 bits per heavy atom. The first kappa shape index (κ1) is 10.4. The summed E-state index contributed by atoms with van der Waals surface area (Å²) in [6.45, 7) is 3.62. The predicted molar refractivity (Wildman–Crippen MR) is 40.9 cm³/mol. The van der Waals surface area contributed by atoms with Crippen LogP contribution in [-0.2, 0) is 9.53 Å². The molecule has 11 heavy (non-hydrogen) atoms. The van der Waals surface area contributed by atoms with Crippen molar-refractivity contribution in [2.75, 3.05) is 13.2 Å². The zero-order valence-electron chi connectivity index (χ0n) is 6.96. The molecule has 0 heterocycles. The Morgan fingerprint density at radius 1 is 1.73 bits per heavy atom. The number of esters is 1. The summed E-state index contributed by atoms with van der Waals surface area (Å²) >= 11 is 0. The van der Waals surface area contributed by atoms with E-state index < -0.39 is 11.6 Å². The first-order valence-electron chi connectivity index (χ1n) is 3.60. The highest BCUT2D eigenvalue weighted by Gasteiger charge is 2.22. The van der Waals surface area contributed by atoms with Crippen LogP contribution in [0.5, 0.6) is 0 Å². The summed E-state index contributed by atoms with van der Waals surface area (Å²) in [4.78, 5) is 10.8. The van der Waals surface area contributed by atoms with Gasteiger partial charge in [-0.1, -0.05) is 0 Å². The second kappa shape index (κ2) is 4.31. The Labute approximate surface area is 66.3 Å². The lowest BCUT2D eigenvalue weighted by Crippen LogP contribution is -2.37. The third-order valence-corrected chi connectivity index (χ3v) is 1.27. The SMILES string of the molecule is CCOC(=O)CC(C)(O)CN. The molecule has 4 heteroatoms. The molecule has 4 nitrogen and oxygen atoms in total. The Bertz CT molecular complexity index is 134. The lowest BCUT2D eigenvalue weighted by molar-refractivity contribution is -0.147. The van der Waals surface area contributed by atoms with Crippen LogP contribution in [-0.4, -0.2) is 29.8 Å². The fourth-order valence-corrected chi connectivity index (χ4v) is 0.595. The van der Waals surface area contributed by atoms with Crippen LogP contribution >= 0.6 is 0 Å². The molecule has 0 bridgehead atoms. The number of hydrogen-bond acceptors (Lipinski definition) is 4. The number of carbonyl (C=O) groups excluding carboxylic acids is 1. The van der Waals surface area contributed by atoms with Crippen LogP contribution < -0.4 is 5.73 Å². The molecule has 0 aromatic rings. The van der Waals surface area contributed by atoms with Gasteiger partial charge < -0.3 is 15.6 Å². The summed E-state index contributed by atoms with van der Waals surface area (Å²) in [7, 11) is 0. The van der Waals surface area contributed by atoms with E-state index in [0.29, 0.717) is 6.61 Å². The Morgan fingerprint density at radius 2 is 2.27 bits per heavy atom. The second-order valence-corrected chi connectivity index (χ2v) is 2.68. The van der Waals surface area contributed by atoms with Crippen molar-refractivity contribution in [1.82, 2.24) is 0 Å². The highest BCUT2D eigenvalue weighted by atomic mass is 16.5. The lowest BCUT2D eigenvalue weighted by Gasteiger charge is -2.18. The third-order valence-electron chi connectivity index (χ3n) is 1.27. The molecule has 0 aromatic carbocycles. The molecule has 3 N–H and O–H groups in total. The van der Waals surface area contributed by atoms with Gasteiger partial charge in [-0.2, -0.15) is 0 Å². The van der Waals surface area contributed by atoms with Gasteiger partial charge in [0.25, 0.3) is 0 Å². The maximum Gasteiger partial charge on any atom is 0.308 e. The summed E-state index contributed by atoms with van der Waals surface area (Å²) in [6, 6.07) is 0. The Hall–Kier alpha value is -0.610. The van der Waals surface area contributed by atoms with Crippen LogP contribution in [0.15, 0.2) is 0 Å². The van der Waals surface area contributed by atoms with Crippen LogP contribution in [0.1, 0.15) is 20.3 Å². The maximum absolute atomic E-state index is 10.8. The Kier molecular flexibility index (Phi) is 4.07. The van der Waals surface area contributed by atoms with Gasteiger partial charge in [0.2, 0.25) is 0 Å². The molecule has 0 aliphatic heterocycles. The predicted octanol–water partition coefficient (Wildman–Crippen LogP) is -0.351. The number of ether oxygens (including phenoxy) is 1. The van der Waals surface area contributed by atoms with Gasteiger partial charge in [0.05, 0.1) is 18.6 Å². The van der Waals surface area contributed by atoms with Crippen molar-refractivity contribution in [3.05, 3.63) is 0 Å². The lowest BCUT2D eigenvalue weighted by atomic mass is 10.0. The molecule has 1 unspecified atom stereocenters. The van der Waals surface area contributed by atoms with Crippen LogP contribution in [0.3, 0.4) is 0 Å². The summed E-state index contributed by atoms with van der Waals surface area (Å²) in [5.41, 5.74) is 4.06. The van der Waals surface area contributed by atoms with Crippen LogP contribution in [0.25, 0.3) is 0 Å². The van der Waals surface area contributed by atoms with Crippen molar-refractivity contribution >= 4 is 5.97 Å². The van der Waals surface area contributed by atoms with Gasteiger partial charge in [-0.05, 0) is 13.8 Å². The summed E-state index contributed by atoms with van der Waals surface area (Å²) in [5, 5.41) is 9.29. The van der Waals surface area contributed by atoms with E-state index in [1.165, 1.54) is 6.92 Å². The largest absolute Gasteiger partial charge is 0.466 e. The van der Waals surface area contributed by atoms with E-state index in [4.69, 9.17) is 5.73 Å². The monoisotopic (exact) mass is 161 g/mol. The minimum absolute atomic E-state index is 0.0443. The average molecular weight is 161 g/mol. The van der Waals surface area contributed by atoms with Gasteiger partial charge in [0.1, 0.15) is 0 Å². The molecule has 1 atom stereocenters. The number of hydrogen-bond donors (Lipinski definition) is 2. The molecule has 0 radical (unpaired) electrons. The first-order valence-corrected chi connectivity index (χ1v) is 3.60. The molecule has 0 amide bonds. The van der Waals surface area contributed by atoms with Crippen LogP contribution in [0, 0.1) is 0 Å². The first-order chi connectivity index (χ1) is 5.02. The molecule has 66 valence electrons. The van der Waals surface area contributed by atoms with Crippen LogP contribution in [0.2, 0.25) is 0 Å². The van der Waals surface area contributed by atoms with E-state index in [2.05, 4.69) is 4.74 Å². The van der Waals surface area contributed by atoms with E-state index in [-0.39, 0.29) is 13.0 Å². The van der Waals surface area contributed by atoms with Gasteiger partial charge in [-0.3, -0.25) is 4.79 Å². The number of rotatable bonds is 4. The molecule has 0 aliphatic carbocycles. The average Bonchev–Trinajstić information content (AvgIpc) is 1.87. The molecule has 0 aromatic heterocycles. The zero-order valence-corrected chi connectivity index (χ0v) is 6.96. The highest BCUT2D eigenvalue weighted by molar-refractivity contribution is 5.70. The van der Waals surface area contributed by atoms with E-state index in [9.17, 15) is 9.90 Å². The van der Waals surface area contributed by atoms with Crippen molar-refractivity contribution in [2.24, 2.45) is 5.73 Å². The van der Waals surface area contributed by atoms with Crippen LogP contribution in [0.4, 0.5) is 0 Å². The van der Waals surface area contributed by atoms with Gasteiger partial charge in [0.15, 0.2) is 0 Å². The van der Waals surface area contributed by atoms with Gasteiger partial charge >= 0.3 is 5.97 Å². The molecule has 0 aliphatic rings. The summed E-state index contributed by atoms with van der Waals surface area (Å²) in [5.74, 6) is -0.414. The molecule has 0 spiro atoms. The van der Waals surface area contributed by atoms with E-state index in [0.717, 1.165) is 0 Å². The van der Waals surface area contributed by atoms with Gasteiger partial charge in [0, 0.05) is 6.54 Å². The zero-order chi connectivity index (χ0) is 8.91. The Balaban J connectivity index is 3.74. The quantitative estimate of drug-likeness (QED) is 0.553. The third kappa shape index (κ3) is 4.75. The topological polar surface area (TPSA) is 72.5 Å². The standard InChI is InChI=1S/C7H15NO3/c1-3-11-6(9)4-7(2,10)5-8/h10H,3-5,8H2,1-2H3. The van der Waals surface area contributed by atoms with Gasteiger partial charge in [-0.25, -0.2) is 0 Å². The molecule has 0 saturated carbocycles. The van der Waals surface area contributed by atoms with E-state index in [1.54, 1.807) is 6.92 Å². The molecular weight excluding hydrogens is 146 g/mol. The normalized spacial score (nSPS) is 15.6.